The lowest BCUT2D eigenvalue weighted by molar-refractivity contribution is -0.123. The summed E-state index contributed by atoms with van der Waals surface area (Å²) in [4.78, 5) is 24.4. The predicted molar refractivity (Wildman–Crippen MR) is 120 cm³/mol. The van der Waals surface area contributed by atoms with Crippen LogP contribution in [-0.4, -0.2) is 31.8 Å². The van der Waals surface area contributed by atoms with Crippen molar-refractivity contribution in [2.75, 3.05) is 13.7 Å². The molecule has 3 rings (SSSR count). The molecular formula is C23H19BrN2O5. The van der Waals surface area contributed by atoms with Gasteiger partial charge in [0.2, 0.25) is 0 Å². The van der Waals surface area contributed by atoms with Crippen LogP contribution in [0.1, 0.15) is 15.9 Å². The Kier molecular flexibility index (Phi) is 7.78. The van der Waals surface area contributed by atoms with E-state index >= 15 is 0 Å². The molecule has 0 spiro atoms. The highest BCUT2D eigenvalue weighted by Crippen LogP contribution is 2.25. The largest absolute Gasteiger partial charge is 0.493 e. The van der Waals surface area contributed by atoms with Gasteiger partial charge in [-0.3, -0.25) is 4.79 Å². The van der Waals surface area contributed by atoms with Crippen molar-refractivity contribution in [3.63, 3.8) is 0 Å². The number of nitrogens with zero attached hydrogens (tertiary/aromatic N) is 1. The number of esters is 1. The molecule has 1 amide bonds. The van der Waals surface area contributed by atoms with Gasteiger partial charge in [-0.2, -0.15) is 5.10 Å². The first-order valence-corrected chi connectivity index (χ1v) is 10.0. The van der Waals surface area contributed by atoms with Gasteiger partial charge in [0.1, 0.15) is 5.75 Å². The summed E-state index contributed by atoms with van der Waals surface area (Å²) in [5.74, 6) is 0.330. The molecule has 0 heterocycles. The average molecular weight is 483 g/mol. The van der Waals surface area contributed by atoms with Crippen molar-refractivity contribution in [2.24, 2.45) is 5.10 Å². The molecule has 0 unspecified atom stereocenters. The van der Waals surface area contributed by atoms with Gasteiger partial charge in [-0.05, 0) is 42.5 Å². The summed E-state index contributed by atoms with van der Waals surface area (Å²) in [7, 11) is 1.52. The number of hydrogen-bond acceptors (Lipinski definition) is 6. The molecule has 0 saturated heterocycles. The number of methoxy groups -OCH3 is 1. The van der Waals surface area contributed by atoms with Gasteiger partial charge in [-0.1, -0.05) is 46.3 Å². The minimum absolute atomic E-state index is 0.244. The summed E-state index contributed by atoms with van der Waals surface area (Å²) in [5.41, 5.74) is 3.31. The van der Waals surface area contributed by atoms with E-state index in [1.54, 1.807) is 66.7 Å². The number of carbonyl (C=O) groups is 2. The number of hydrogen-bond donors (Lipinski definition) is 1. The second-order valence-electron chi connectivity index (χ2n) is 6.17. The predicted octanol–water partition coefficient (Wildman–Crippen LogP) is 4.21. The van der Waals surface area contributed by atoms with Gasteiger partial charge in [0.05, 0.1) is 18.9 Å². The van der Waals surface area contributed by atoms with Crippen LogP contribution < -0.4 is 19.6 Å². The Hall–Kier alpha value is -3.65. The summed E-state index contributed by atoms with van der Waals surface area (Å²) in [6.07, 6.45) is 1.39. The summed E-state index contributed by atoms with van der Waals surface area (Å²) < 4.78 is 16.9. The lowest BCUT2D eigenvalue weighted by Crippen LogP contribution is -2.24. The first-order valence-electron chi connectivity index (χ1n) is 9.21. The van der Waals surface area contributed by atoms with Crippen LogP contribution >= 0.6 is 15.9 Å². The fourth-order valence-electron chi connectivity index (χ4n) is 2.53. The van der Waals surface area contributed by atoms with Gasteiger partial charge in [0.25, 0.3) is 5.91 Å². The van der Waals surface area contributed by atoms with Crippen molar-refractivity contribution < 1.29 is 23.8 Å². The zero-order valence-electron chi connectivity index (χ0n) is 16.6. The van der Waals surface area contributed by atoms with Gasteiger partial charge in [0, 0.05) is 10.0 Å². The zero-order chi connectivity index (χ0) is 22.1. The Labute approximate surface area is 187 Å². The highest BCUT2D eigenvalue weighted by atomic mass is 79.9. The molecule has 31 heavy (non-hydrogen) atoms. The van der Waals surface area contributed by atoms with Crippen LogP contribution in [0.2, 0.25) is 0 Å². The Balaban J connectivity index is 1.61. The van der Waals surface area contributed by atoms with Crippen molar-refractivity contribution in [2.45, 2.75) is 0 Å². The van der Waals surface area contributed by atoms with Crippen LogP contribution in [0.25, 0.3) is 0 Å². The number of rotatable bonds is 8. The molecule has 3 aromatic rings. The number of amides is 1. The Morgan fingerprint density at radius 2 is 1.68 bits per heavy atom. The molecule has 0 aliphatic heterocycles. The number of hydrazone groups is 1. The van der Waals surface area contributed by atoms with E-state index in [1.165, 1.54) is 13.3 Å². The van der Waals surface area contributed by atoms with Gasteiger partial charge in [-0.25, -0.2) is 10.2 Å². The second kappa shape index (κ2) is 10.9. The molecule has 1 N–H and O–H groups in total. The van der Waals surface area contributed by atoms with E-state index in [4.69, 9.17) is 14.2 Å². The van der Waals surface area contributed by atoms with E-state index in [0.29, 0.717) is 28.4 Å². The normalized spacial score (nSPS) is 10.5. The molecule has 0 aromatic heterocycles. The third-order valence-corrected chi connectivity index (χ3v) is 4.50. The summed E-state index contributed by atoms with van der Waals surface area (Å²) >= 11 is 3.37. The molecule has 7 nitrogen and oxygen atoms in total. The molecule has 0 bridgehead atoms. The molecular weight excluding hydrogens is 464 g/mol. The average Bonchev–Trinajstić information content (AvgIpc) is 2.80. The maximum atomic E-state index is 12.3. The van der Waals surface area contributed by atoms with Crippen molar-refractivity contribution >= 4 is 34.0 Å². The quantitative estimate of drug-likeness (QED) is 0.225. The van der Waals surface area contributed by atoms with E-state index in [9.17, 15) is 9.59 Å². The topological polar surface area (TPSA) is 86.2 Å². The third kappa shape index (κ3) is 6.42. The number of ether oxygens (including phenoxy) is 3. The Bertz CT molecular complexity index is 1090. The van der Waals surface area contributed by atoms with Gasteiger partial charge in [0.15, 0.2) is 18.1 Å². The SMILES string of the molecule is COc1ccccc1OCC(=O)N/N=C/c1cc(Br)ccc1OC(=O)c1ccccc1. The number of halogens is 1. The fourth-order valence-corrected chi connectivity index (χ4v) is 2.91. The minimum atomic E-state index is -0.494. The molecule has 0 fully saturated rings. The molecule has 0 aliphatic rings. The molecule has 3 aromatic carbocycles. The fraction of sp³-hybridized carbons (Fsp3) is 0.0870. The lowest BCUT2D eigenvalue weighted by Gasteiger charge is -2.09. The molecule has 0 atom stereocenters. The van der Waals surface area contributed by atoms with Gasteiger partial charge >= 0.3 is 5.97 Å². The first-order chi connectivity index (χ1) is 15.1. The van der Waals surface area contributed by atoms with Crippen molar-refractivity contribution in [1.82, 2.24) is 5.43 Å². The standard InChI is InChI=1S/C23H19BrN2O5/c1-29-20-9-5-6-10-21(20)30-15-22(27)26-25-14-17-13-18(24)11-12-19(17)31-23(28)16-7-3-2-4-8-16/h2-14H,15H2,1H3,(H,26,27)/b25-14+. The molecule has 8 heteroatoms. The zero-order valence-corrected chi connectivity index (χ0v) is 18.2. The van der Waals surface area contributed by atoms with E-state index in [-0.39, 0.29) is 6.61 Å². The first kappa shape index (κ1) is 22.0. The third-order valence-electron chi connectivity index (χ3n) is 4.00. The van der Waals surface area contributed by atoms with Crippen LogP contribution in [0.5, 0.6) is 17.2 Å². The number of benzene rings is 3. The van der Waals surface area contributed by atoms with Crippen LogP contribution in [0, 0.1) is 0 Å². The van der Waals surface area contributed by atoms with Crippen LogP contribution in [0.4, 0.5) is 0 Å². The van der Waals surface area contributed by atoms with Crippen molar-refractivity contribution in [3.05, 3.63) is 88.4 Å². The lowest BCUT2D eigenvalue weighted by atomic mass is 10.2. The molecule has 158 valence electrons. The molecule has 0 saturated carbocycles. The van der Waals surface area contributed by atoms with Gasteiger partial charge in [-0.15, -0.1) is 0 Å². The Morgan fingerprint density at radius 3 is 2.42 bits per heavy atom. The molecule has 0 radical (unpaired) electrons. The number of nitrogens with one attached hydrogen (secondary N) is 1. The monoisotopic (exact) mass is 482 g/mol. The van der Waals surface area contributed by atoms with Crippen molar-refractivity contribution in [3.8, 4) is 17.2 Å². The Morgan fingerprint density at radius 1 is 0.968 bits per heavy atom. The minimum Gasteiger partial charge on any atom is -0.493 e. The van der Waals surface area contributed by atoms with Crippen molar-refractivity contribution in [1.29, 1.82) is 0 Å². The van der Waals surface area contributed by atoms with Crippen LogP contribution in [0.3, 0.4) is 0 Å². The summed E-state index contributed by atoms with van der Waals surface area (Å²) in [6, 6.07) is 20.8. The van der Waals surface area contributed by atoms with E-state index < -0.39 is 11.9 Å². The van der Waals surface area contributed by atoms with E-state index in [0.717, 1.165) is 4.47 Å². The highest BCUT2D eigenvalue weighted by Gasteiger charge is 2.11. The van der Waals surface area contributed by atoms with E-state index in [2.05, 4.69) is 26.5 Å². The second-order valence-corrected chi connectivity index (χ2v) is 7.09. The highest BCUT2D eigenvalue weighted by molar-refractivity contribution is 9.10. The van der Waals surface area contributed by atoms with Crippen LogP contribution in [-0.2, 0) is 4.79 Å². The smallest absolute Gasteiger partial charge is 0.343 e. The van der Waals surface area contributed by atoms with Crippen LogP contribution in [0.15, 0.2) is 82.4 Å². The summed E-state index contributed by atoms with van der Waals surface area (Å²) in [6.45, 7) is -0.244. The van der Waals surface area contributed by atoms with Gasteiger partial charge < -0.3 is 14.2 Å². The summed E-state index contributed by atoms with van der Waals surface area (Å²) in [5, 5.41) is 3.93. The molecule has 0 aliphatic carbocycles. The van der Waals surface area contributed by atoms with E-state index in [1.807, 2.05) is 6.07 Å². The maximum Gasteiger partial charge on any atom is 0.343 e. The number of carbonyl (C=O) groups excluding carboxylic acids is 2. The maximum absolute atomic E-state index is 12.3. The number of para-hydroxylation sites is 2.